The van der Waals surface area contributed by atoms with Crippen molar-refractivity contribution in [3.63, 3.8) is 0 Å². The number of aromatic nitrogens is 3. The minimum Gasteiger partial charge on any atom is -0.496 e. The van der Waals surface area contributed by atoms with E-state index in [1.807, 2.05) is 25.2 Å². The fourth-order valence-electron chi connectivity index (χ4n) is 2.06. The highest BCUT2D eigenvalue weighted by molar-refractivity contribution is 9.10. The third-order valence-corrected chi connectivity index (χ3v) is 3.45. The second-order valence-corrected chi connectivity index (χ2v) is 5.08. The van der Waals surface area contributed by atoms with Crippen molar-refractivity contribution in [2.24, 2.45) is 7.05 Å². The number of halogens is 1. The van der Waals surface area contributed by atoms with Crippen LogP contribution in [0.15, 0.2) is 28.9 Å². The predicted octanol–water partition coefficient (Wildman–Crippen LogP) is 2.29. The molecule has 0 aliphatic heterocycles. The Bertz CT molecular complexity index is 555. The maximum Gasteiger partial charge on any atom is 0.125 e. The zero-order valence-electron chi connectivity index (χ0n) is 11.2. The summed E-state index contributed by atoms with van der Waals surface area (Å²) in [5.74, 6) is 0.835. The molecule has 1 atom stereocenters. The Balaban J connectivity index is 2.48. The number of nitrogens with one attached hydrogen (secondary N) is 1. The summed E-state index contributed by atoms with van der Waals surface area (Å²) in [7, 11) is 3.56. The summed E-state index contributed by atoms with van der Waals surface area (Å²) in [4.78, 5) is 0. The Morgan fingerprint density at radius 3 is 2.84 bits per heavy atom. The fourth-order valence-corrected chi connectivity index (χ4v) is 2.40. The van der Waals surface area contributed by atoms with E-state index >= 15 is 0 Å². The summed E-state index contributed by atoms with van der Waals surface area (Å²) in [5, 5.41) is 11.4. The van der Waals surface area contributed by atoms with Crippen LogP contribution in [-0.4, -0.2) is 28.6 Å². The number of nitrogens with zero attached hydrogens (tertiary/aromatic N) is 3. The Morgan fingerprint density at radius 2 is 2.26 bits per heavy atom. The smallest absolute Gasteiger partial charge is 0.125 e. The molecular weight excluding hydrogens is 308 g/mol. The second kappa shape index (κ2) is 6.16. The third-order valence-electron chi connectivity index (χ3n) is 2.96. The van der Waals surface area contributed by atoms with Gasteiger partial charge in [0.1, 0.15) is 5.75 Å². The highest BCUT2D eigenvalue weighted by Gasteiger charge is 2.20. The molecule has 0 saturated heterocycles. The van der Waals surface area contributed by atoms with Gasteiger partial charge in [0.15, 0.2) is 0 Å². The van der Waals surface area contributed by atoms with E-state index in [-0.39, 0.29) is 6.04 Å². The molecule has 6 heteroatoms. The quantitative estimate of drug-likeness (QED) is 0.916. The summed E-state index contributed by atoms with van der Waals surface area (Å²) in [6.45, 7) is 2.91. The molecule has 0 aliphatic carbocycles. The highest BCUT2D eigenvalue weighted by Crippen LogP contribution is 2.31. The SMILES string of the molecule is CCNC(c1ccc(Br)cc1OC)c1cnnn1C. The van der Waals surface area contributed by atoms with Crippen LogP contribution in [0, 0.1) is 0 Å². The topological polar surface area (TPSA) is 52.0 Å². The number of hydrogen-bond acceptors (Lipinski definition) is 4. The van der Waals surface area contributed by atoms with Crippen molar-refractivity contribution < 1.29 is 4.74 Å². The van der Waals surface area contributed by atoms with Crippen molar-refractivity contribution in [2.75, 3.05) is 13.7 Å². The van der Waals surface area contributed by atoms with Crippen LogP contribution in [0.3, 0.4) is 0 Å². The largest absolute Gasteiger partial charge is 0.496 e. The van der Waals surface area contributed by atoms with E-state index in [2.05, 4.69) is 38.5 Å². The number of benzene rings is 1. The summed E-state index contributed by atoms with van der Waals surface area (Å²) in [6, 6.07) is 6.02. The van der Waals surface area contributed by atoms with Gasteiger partial charge < -0.3 is 10.1 Å². The Kier molecular flexibility index (Phi) is 4.55. The molecule has 0 radical (unpaired) electrons. The van der Waals surface area contributed by atoms with Crippen LogP contribution < -0.4 is 10.1 Å². The van der Waals surface area contributed by atoms with Crippen LogP contribution in [0.2, 0.25) is 0 Å². The molecule has 0 amide bonds. The van der Waals surface area contributed by atoms with Gasteiger partial charge >= 0.3 is 0 Å². The van der Waals surface area contributed by atoms with Crippen LogP contribution in [0.4, 0.5) is 0 Å². The zero-order chi connectivity index (χ0) is 13.8. The van der Waals surface area contributed by atoms with Crippen molar-refractivity contribution in [1.29, 1.82) is 0 Å². The molecule has 2 rings (SSSR count). The first kappa shape index (κ1) is 14.0. The van der Waals surface area contributed by atoms with Gasteiger partial charge in [-0.2, -0.15) is 0 Å². The standard InChI is InChI=1S/C13H17BrN4O/c1-4-15-13(11-8-16-17-18(11)2)10-6-5-9(14)7-12(10)19-3/h5-8,13,15H,4H2,1-3H3. The first-order valence-electron chi connectivity index (χ1n) is 6.08. The molecule has 0 aliphatic rings. The number of aryl methyl sites for hydroxylation is 1. The van der Waals surface area contributed by atoms with E-state index in [4.69, 9.17) is 4.74 Å². The van der Waals surface area contributed by atoms with E-state index in [9.17, 15) is 0 Å². The molecule has 0 fully saturated rings. The first-order valence-corrected chi connectivity index (χ1v) is 6.88. The normalized spacial score (nSPS) is 12.4. The summed E-state index contributed by atoms with van der Waals surface area (Å²) in [6.07, 6.45) is 1.77. The lowest BCUT2D eigenvalue weighted by atomic mass is 10.0. The van der Waals surface area contributed by atoms with Gasteiger partial charge in [0.05, 0.1) is 25.0 Å². The monoisotopic (exact) mass is 324 g/mol. The fraction of sp³-hybridized carbons (Fsp3) is 0.385. The van der Waals surface area contributed by atoms with E-state index in [1.54, 1.807) is 18.0 Å². The molecule has 2 aromatic rings. The molecule has 19 heavy (non-hydrogen) atoms. The van der Waals surface area contributed by atoms with Gasteiger partial charge in [-0.15, -0.1) is 5.10 Å². The maximum absolute atomic E-state index is 5.47. The number of hydrogen-bond donors (Lipinski definition) is 1. The van der Waals surface area contributed by atoms with Gasteiger partial charge in [-0.25, -0.2) is 0 Å². The summed E-state index contributed by atoms with van der Waals surface area (Å²) >= 11 is 3.46. The molecule has 0 bridgehead atoms. The van der Waals surface area contributed by atoms with Crippen LogP contribution in [-0.2, 0) is 7.05 Å². The van der Waals surface area contributed by atoms with Gasteiger partial charge in [0, 0.05) is 17.1 Å². The first-order chi connectivity index (χ1) is 9.17. The van der Waals surface area contributed by atoms with Crippen molar-refractivity contribution >= 4 is 15.9 Å². The van der Waals surface area contributed by atoms with E-state index < -0.39 is 0 Å². The lowest BCUT2D eigenvalue weighted by molar-refractivity contribution is 0.402. The predicted molar refractivity (Wildman–Crippen MR) is 77.2 cm³/mol. The van der Waals surface area contributed by atoms with Crippen LogP contribution in [0.5, 0.6) is 5.75 Å². The molecule has 1 aromatic carbocycles. The van der Waals surface area contributed by atoms with Crippen LogP contribution in [0.25, 0.3) is 0 Å². The number of rotatable bonds is 5. The molecule has 102 valence electrons. The number of ether oxygens (including phenoxy) is 1. The van der Waals surface area contributed by atoms with Crippen molar-refractivity contribution in [1.82, 2.24) is 20.3 Å². The molecule has 0 saturated carbocycles. The number of methoxy groups -OCH3 is 1. The maximum atomic E-state index is 5.47. The average Bonchev–Trinajstić information content (AvgIpc) is 2.82. The Hall–Kier alpha value is -1.40. The lowest BCUT2D eigenvalue weighted by Crippen LogP contribution is -2.24. The minimum absolute atomic E-state index is 0.00745. The molecular formula is C13H17BrN4O. The molecule has 1 aromatic heterocycles. The Labute approximate surface area is 121 Å². The van der Waals surface area contributed by atoms with Crippen molar-refractivity contribution in [2.45, 2.75) is 13.0 Å². The molecule has 5 nitrogen and oxygen atoms in total. The van der Waals surface area contributed by atoms with Gasteiger partial charge in [-0.1, -0.05) is 34.1 Å². The van der Waals surface area contributed by atoms with E-state index in [0.717, 1.165) is 28.0 Å². The lowest BCUT2D eigenvalue weighted by Gasteiger charge is -2.20. The van der Waals surface area contributed by atoms with E-state index in [1.165, 1.54) is 0 Å². The third kappa shape index (κ3) is 2.96. The highest BCUT2D eigenvalue weighted by atomic mass is 79.9. The van der Waals surface area contributed by atoms with Crippen LogP contribution >= 0.6 is 15.9 Å². The van der Waals surface area contributed by atoms with Crippen molar-refractivity contribution in [3.05, 3.63) is 40.1 Å². The van der Waals surface area contributed by atoms with Gasteiger partial charge in [-0.3, -0.25) is 4.68 Å². The zero-order valence-corrected chi connectivity index (χ0v) is 12.8. The van der Waals surface area contributed by atoms with E-state index in [0.29, 0.717) is 0 Å². The summed E-state index contributed by atoms with van der Waals surface area (Å²) < 4.78 is 8.24. The molecule has 1 N–H and O–H groups in total. The van der Waals surface area contributed by atoms with Gasteiger partial charge in [0.25, 0.3) is 0 Å². The summed E-state index contributed by atoms with van der Waals surface area (Å²) in [5.41, 5.74) is 2.07. The van der Waals surface area contributed by atoms with Gasteiger partial charge in [-0.05, 0) is 18.7 Å². The average molecular weight is 325 g/mol. The Morgan fingerprint density at radius 1 is 1.47 bits per heavy atom. The molecule has 1 unspecified atom stereocenters. The second-order valence-electron chi connectivity index (χ2n) is 4.16. The van der Waals surface area contributed by atoms with Gasteiger partial charge in [0.2, 0.25) is 0 Å². The molecule has 1 heterocycles. The minimum atomic E-state index is 0.00745. The van der Waals surface area contributed by atoms with Crippen molar-refractivity contribution in [3.8, 4) is 5.75 Å². The molecule has 0 spiro atoms. The van der Waals surface area contributed by atoms with Crippen LogP contribution in [0.1, 0.15) is 24.2 Å².